The number of aliphatic imine (C=N–C) groups is 1. The average Bonchev–Trinajstić information content (AvgIpc) is 3.14. The Labute approximate surface area is 161 Å². The Morgan fingerprint density at radius 3 is 2.54 bits per heavy atom. The summed E-state index contributed by atoms with van der Waals surface area (Å²) in [6.07, 6.45) is 3.90. The number of nitrogens with zero attached hydrogens (tertiary/aromatic N) is 4. The first-order valence-electron chi connectivity index (χ1n) is 8.37. The fourth-order valence-electron chi connectivity index (χ4n) is 2.88. The molecule has 132 valence electrons. The molecule has 0 saturated carbocycles. The van der Waals surface area contributed by atoms with Gasteiger partial charge in [0.15, 0.2) is 17.6 Å². The molecule has 1 saturated heterocycles. The number of carbonyl (C=O) groups is 1. The van der Waals surface area contributed by atoms with Gasteiger partial charge < -0.3 is 4.90 Å². The van der Waals surface area contributed by atoms with Crippen LogP contribution in [0.2, 0.25) is 0 Å². The molecular weight excluding hydrogens is 364 g/mol. The van der Waals surface area contributed by atoms with Crippen LogP contribution in [-0.4, -0.2) is 29.6 Å². The molecule has 0 aliphatic carbocycles. The van der Waals surface area contributed by atoms with Gasteiger partial charge in [0.25, 0.3) is 5.91 Å². The molecular formula is C19H19N4OS2+. The third-order valence-corrected chi connectivity index (χ3v) is 6.73. The molecule has 3 heterocycles. The molecule has 5 nitrogen and oxygen atoms in total. The van der Waals surface area contributed by atoms with Crippen molar-refractivity contribution in [3.8, 4) is 0 Å². The van der Waals surface area contributed by atoms with Gasteiger partial charge in [-0.2, -0.15) is 0 Å². The maximum atomic E-state index is 13.0. The fraction of sp³-hybridized carbons (Fsp3) is 0.211. The number of amides is 1. The number of hydrogen-bond acceptors (Lipinski definition) is 5. The summed E-state index contributed by atoms with van der Waals surface area (Å²) in [5, 5.41) is 1.71. The summed E-state index contributed by atoms with van der Waals surface area (Å²) in [4.78, 5) is 23.5. The lowest BCUT2D eigenvalue weighted by Crippen LogP contribution is -2.29. The van der Waals surface area contributed by atoms with Crippen LogP contribution in [0.15, 0.2) is 68.6 Å². The smallest absolute Gasteiger partial charge is 0.269 e. The molecule has 2 aliphatic heterocycles. The summed E-state index contributed by atoms with van der Waals surface area (Å²) < 4.78 is 1.96. The Morgan fingerprint density at radius 1 is 1.12 bits per heavy atom. The summed E-state index contributed by atoms with van der Waals surface area (Å²) in [6, 6.07) is 12.1. The van der Waals surface area contributed by atoms with Gasteiger partial charge in [0.05, 0.1) is 16.4 Å². The second kappa shape index (κ2) is 6.81. The molecule has 0 atom stereocenters. The molecule has 0 radical (unpaired) electrons. The van der Waals surface area contributed by atoms with Crippen LogP contribution in [0.25, 0.3) is 0 Å². The molecule has 1 aromatic heterocycles. The van der Waals surface area contributed by atoms with E-state index in [2.05, 4.69) is 17.0 Å². The number of anilines is 1. The van der Waals surface area contributed by atoms with Gasteiger partial charge in [-0.05, 0) is 30.8 Å². The highest BCUT2D eigenvalue weighted by Gasteiger charge is 2.38. The highest BCUT2D eigenvalue weighted by atomic mass is 32.2. The van der Waals surface area contributed by atoms with E-state index in [4.69, 9.17) is 4.99 Å². The van der Waals surface area contributed by atoms with Crippen LogP contribution in [-0.2, 0) is 11.8 Å². The number of benzene rings is 1. The van der Waals surface area contributed by atoms with Gasteiger partial charge in [-0.1, -0.05) is 23.9 Å². The van der Waals surface area contributed by atoms with Gasteiger partial charge in [-0.15, -0.1) is 0 Å². The van der Waals surface area contributed by atoms with Crippen LogP contribution in [0.1, 0.15) is 6.92 Å². The maximum absolute atomic E-state index is 13.0. The summed E-state index contributed by atoms with van der Waals surface area (Å²) in [5.74, 6) is 0.0277. The second-order valence-corrected chi connectivity index (χ2v) is 8.04. The number of hydrogen-bond donors (Lipinski definition) is 0. The second-order valence-electron chi connectivity index (χ2n) is 6.03. The normalized spacial score (nSPS) is 21.0. The van der Waals surface area contributed by atoms with Crippen molar-refractivity contribution in [1.82, 2.24) is 4.90 Å². The minimum atomic E-state index is 0.0277. The minimum Gasteiger partial charge on any atom is -0.337 e. The highest BCUT2D eigenvalue weighted by molar-refractivity contribution is 8.19. The quantitative estimate of drug-likeness (QED) is 0.588. The van der Waals surface area contributed by atoms with E-state index >= 15 is 0 Å². The van der Waals surface area contributed by atoms with E-state index in [0.29, 0.717) is 6.54 Å². The number of likely N-dealkylation sites (N-methyl/N-ethyl adjacent to an activating group) is 1. The molecule has 0 bridgehead atoms. The van der Waals surface area contributed by atoms with E-state index in [-0.39, 0.29) is 5.91 Å². The molecule has 0 spiro atoms. The van der Waals surface area contributed by atoms with Crippen LogP contribution >= 0.6 is 23.5 Å². The number of para-hydroxylation sites is 1. The lowest BCUT2D eigenvalue weighted by molar-refractivity contribution is -0.671. The lowest BCUT2D eigenvalue weighted by Gasteiger charge is -2.15. The molecule has 1 fully saturated rings. The standard InChI is InChI=1S/C19H19N4OS2/c1-4-23-17(24)16(18-22(3)14-7-5-6-8-15(14)25-18)26-19(23)20-13-9-11-21(2)12-10-13/h5-12H,4H2,1-3H3/q+1/b18-16+. The van der Waals surface area contributed by atoms with Crippen LogP contribution in [0.5, 0.6) is 0 Å². The Bertz CT molecular complexity index is 937. The zero-order valence-corrected chi connectivity index (χ0v) is 16.5. The first-order valence-corrected chi connectivity index (χ1v) is 10.0. The van der Waals surface area contributed by atoms with Crippen molar-refractivity contribution >= 4 is 46.0 Å². The third kappa shape index (κ3) is 2.91. The van der Waals surface area contributed by atoms with Crippen LogP contribution in [0, 0.1) is 0 Å². The number of fused-ring (bicyclic) bond motifs is 1. The minimum absolute atomic E-state index is 0.0277. The molecule has 2 aromatic rings. The van der Waals surface area contributed by atoms with E-state index in [0.717, 1.165) is 26.5 Å². The Balaban J connectivity index is 1.72. The van der Waals surface area contributed by atoms with Crippen molar-refractivity contribution in [3.63, 3.8) is 0 Å². The monoisotopic (exact) mass is 383 g/mol. The van der Waals surface area contributed by atoms with Crippen LogP contribution in [0.3, 0.4) is 0 Å². The molecule has 1 aromatic carbocycles. The Kier molecular flexibility index (Phi) is 4.50. The SMILES string of the molecule is CCN1C(=O)/C(=C2\Sc3ccccc3N2C)S/C1=N\c1cc[n+](C)cc1. The van der Waals surface area contributed by atoms with Crippen molar-refractivity contribution in [2.45, 2.75) is 11.8 Å². The van der Waals surface area contributed by atoms with Crippen molar-refractivity contribution in [2.24, 2.45) is 12.0 Å². The van der Waals surface area contributed by atoms with E-state index in [1.165, 1.54) is 16.7 Å². The van der Waals surface area contributed by atoms with Crippen molar-refractivity contribution in [2.75, 3.05) is 18.5 Å². The number of rotatable bonds is 2. The molecule has 2 aliphatic rings. The number of pyridine rings is 1. The summed E-state index contributed by atoms with van der Waals surface area (Å²) in [5.41, 5.74) is 1.98. The highest BCUT2D eigenvalue weighted by Crippen LogP contribution is 2.49. The van der Waals surface area contributed by atoms with E-state index < -0.39 is 0 Å². The number of carbonyl (C=O) groups excluding carboxylic acids is 1. The van der Waals surface area contributed by atoms with Gasteiger partial charge in [0.1, 0.15) is 12.0 Å². The van der Waals surface area contributed by atoms with Gasteiger partial charge in [-0.25, -0.2) is 9.56 Å². The first kappa shape index (κ1) is 17.2. The van der Waals surface area contributed by atoms with Gasteiger partial charge in [0, 0.05) is 30.6 Å². The third-order valence-electron chi connectivity index (χ3n) is 4.30. The number of thioether (sulfide) groups is 2. The summed E-state index contributed by atoms with van der Waals surface area (Å²) in [7, 11) is 3.98. The van der Waals surface area contributed by atoms with Crippen molar-refractivity contribution in [3.05, 3.63) is 58.7 Å². The Hall–Kier alpha value is -2.25. The topological polar surface area (TPSA) is 39.8 Å². The van der Waals surface area contributed by atoms with E-state index in [1.54, 1.807) is 16.7 Å². The molecule has 1 amide bonds. The fourth-order valence-corrected chi connectivity index (χ4v) is 5.28. The molecule has 0 unspecified atom stereocenters. The molecule has 0 N–H and O–H groups in total. The zero-order valence-electron chi connectivity index (χ0n) is 14.8. The predicted octanol–water partition coefficient (Wildman–Crippen LogP) is 3.51. The number of amidine groups is 1. The first-order chi connectivity index (χ1) is 12.6. The lowest BCUT2D eigenvalue weighted by atomic mass is 10.3. The van der Waals surface area contributed by atoms with Gasteiger partial charge in [-0.3, -0.25) is 9.69 Å². The van der Waals surface area contributed by atoms with Gasteiger partial charge >= 0.3 is 0 Å². The average molecular weight is 384 g/mol. The van der Waals surface area contributed by atoms with Crippen LogP contribution in [0.4, 0.5) is 11.4 Å². The summed E-state index contributed by atoms with van der Waals surface area (Å²) in [6.45, 7) is 2.58. The Morgan fingerprint density at radius 2 is 1.85 bits per heavy atom. The van der Waals surface area contributed by atoms with E-state index in [1.807, 2.05) is 62.2 Å². The number of aromatic nitrogens is 1. The van der Waals surface area contributed by atoms with Crippen molar-refractivity contribution < 1.29 is 9.36 Å². The van der Waals surface area contributed by atoms with E-state index in [9.17, 15) is 4.79 Å². The van der Waals surface area contributed by atoms with Gasteiger partial charge in [0.2, 0.25) is 0 Å². The zero-order chi connectivity index (χ0) is 18.3. The molecule has 26 heavy (non-hydrogen) atoms. The summed E-state index contributed by atoms with van der Waals surface area (Å²) >= 11 is 3.11. The maximum Gasteiger partial charge on any atom is 0.269 e. The largest absolute Gasteiger partial charge is 0.337 e. The number of aryl methyl sites for hydroxylation is 1. The molecule has 4 rings (SSSR count). The predicted molar refractivity (Wildman–Crippen MR) is 107 cm³/mol. The van der Waals surface area contributed by atoms with Crippen molar-refractivity contribution in [1.29, 1.82) is 0 Å². The van der Waals surface area contributed by atoms with Crippen LogP contribution < -0.4 is 9.47 Å². The molecule has 7 heteroatoms.